The molecule has 0 radical (unpaired) electrons. The molecule has 0 aliphatic carbocycles. The quantitative estimate of drug-likeness (QED) is 0.431. The zero-order valence-corrected chi connectivity index (χ0v) is 20.8. The van der Waals surface area contributed by atoms with Crippen LogP contribution in [0.5, 0.6) is 0 Å². The summed E-state index contributed by atoms with van der Waals surface area (Å²) in [5.74, 6) is -0.326. The van der Waals surface area contributed by atoms with E-state index in [-0.39, 0.29) is 5.91 Å². The largest absolute Gasteiger partial charge is 0.365 e. The predicted molar refractivity (Wildman–Crippen MR) is 139 cm³/mol. The molecule has 2 aliphatic heterocycles. The highest BCUT2D eigenvalue weighted by Crippen LogP contribution is 2.38. The molecule has 0 saturated heterocycles. The maximum atomic E-state index is 13.2. The number of anilines is 2. The fraction of sp³-hybridized carbons (Fsp3) is 0.269. The number of benzene rings is 2. The Balaban J connectivity index is 1.32. The third-order valence-corrected chi connectivity index (χ3v) is 7.54. The number of carbonyl (C=O) groups excluding carboxylic acids is 3. The second-order valence-electron chi connectivity index (χ2n) is 9.15. The summed E-state index contributed by atoms with van der Waals surface area (Å²) in [7, 11) is 0. The summed E-state index contributed by atoms with van der Waals surface area (Å²) < 4.78 is 0. The lowest BCUT2D eigenvalue weighted by Crippen LogP contribution is -2.36. The van der Waals surface area contributed by atoms with Crippen LogP contribution < -0.4 is 16.4 Å². The van der Waals surface area contributed by atoms with E-state index in [1.807, 2.05) is 30.3 Å². The van der Waals surface area contributed by atoms with Crippen LogP contribution in [0.3, 0.4) is 0 Å². The van der Waals surface area contributed by atoms with Gasteiger partial charge in [0.1, 0.15) is 5.00 Å². The van der Waals surface area contributed by atoms with Crippen LogP contribution in [0.15, 0.2) is 52.7 Å². The molecule has 2 aliphatic rings. The highest BCUT2D eigenvalue weighted by atomic mass is 32.1. The Labute approximate surface area is 212 Å². The Kier molecular flexibility index (Phi) is 6.27. The number of hydrogen-bond donors (Lipinski definition) is 3. The smallest absolute Gasteiger partial charge is 0.324 e. The number of rotatable bonds is 5. The van der Waals surface area contributed by atoms with Gasteiger partial charge >= 0.3 is 6.03 Å². The lowest BCUT2D eigenvalue weighted by molar-refractivity contribution is 0.0737. The zero-order chi connectivity index (χ0) is 25.4. The molecule has 5 rings (SSSR count). The van der Waals surface area contributed by atoms with Gasteiger partial charge in [0.05, 0.1) is 24.3 Å². The Morgan fingerprint density at radius 3 is 2.58 bits per heavy atom. The van der Waals surface area contributed by atoms with Crippen LogP contribution in [0.2, 0.25) is 0 Å². The standard InChI is InChI=1S/C26H26N6O3S/c1-14(2)15-5-7-18(8-6-15)29-26(35)30-24-22(23(27)33)19-9-10-32(13-21(19)36-24)25(34)16-3-4-17-12-28-31-20(17)11-16/h3-8,11,14H,9-10,12-13H2,1-2H3,(H2,27,33)(H2,29,30,35). The van der Waals surface area contributed by atoms with E-state index < -0.39 is 11.9 Å². The Bertz CT molecular complexity index is 1390. The van der Waals surface area contributed by atoms with Gasteiger partial charge in [0.25, 0.3) is 11.8 Å². The summed E-state index contributed by atoms with van der Waals surface area (Å²) in [6.07, 6.45) is 0.473. The lowest BCUT2D eigenvalue weighted by Gasteiger charge is -2.27. The Hall–Kier alpha value is -4.05. The number of nitrogens with zero attached hydrogens (tertiary/aromatic N) is 3. The van der Waals surface area contributed by atoms with Gasteiger partial charge in [0.15, 0.2) is 0 Å². The number of hydrogen-bond acceptors (Lipinski definition) is 6. The third-order valence-electron chi connectivity index (χ3n) is 6.40. The van der Waals surface area contributed by atoms with Crippen molar-refractivity contribution in [2.75, 3.05) is 17.2 Å². The van der Waals surface area contributed by atoms with Gasteiger partial charge in [-0.15, -0.1) is 11.3 Å². The molecule has 3 aromatic rings. The van der Waals surface area contributed by atoms with Gasteiger partial charge in [0.2, 0.25) is 0 Å². The van der Waals surface area contributed by atoms with Crippen molar-refractivity contribution in [1.29, 1.82) is 0 Å². The second-order valence-corrected chi connectivity index (χ2v) is 10.3. The first kappa shape index (κ1) is 23.7. The number of carbonyl (C=O) groups is 3. The minimum atomic E-state index is -0.604. The van der Waals surface area contributed by atoms with E-state index in [1.165, 1.54) is 16.9 Å². The number of primary amides is 1. The molecule has 2 aromatic carbocycles. The summed E-state index contributed by atoms with van der Waals surface area (Å²) in [6.45, 7) is 5.51. The molecule has 0 unspecified atom stereocenters. The first-order chi connectivity index (χ1) is 17.3. The van der Waals surface area contributed by atoms with Crippen molar-refractivity contribution in [3.8, 4) is 0 Å². The molecular weight excluding hydrogens is 476 g/mol. The predicted octanol–water partition coefficient (Wildman–Crippen LogP) is 5.41. The maximum absolute atomic E-state index is 13.2. The molecule has 0 bridgehead atoms. The highest BCUT2D eigenvalue weighted by molar-refractivity contribution is 7.17. The molecule has 4 amide bonds. The number of azo groups is 1. The van der Waals surface area contributed by atoms with E-state index in [9.17, 15) is 14.4 Å². The fourth-order valence-electron chi connectivity index (χ4n) is 4.44. The average molecular weight is 503 g/mol. The van der Waals surface area contributed by atoms with Gasteiger partial charge in [-0.3, -0.25) is 14.9 Å². The summed E-state index contributed by atoms with van der Waals surface area (Å²) in [5.41, 5.74) is 10.9. The number of nitrogens with one attached hydrogen (secondary N) is 2. The molecule has 36 heavy (non-hydrogen) atoms. The van der Waals surface area contributed by atoms with Crippen LogP contribution in [-0.2, 0) is 19.5 Å². The number of nitrogens with two attached hydrogens (primary N) is 1. The highest BCUT2D eigenvalue weighted by Gasteiger charge is 2.30. The van der Waals surface area contributed by atoms with E-state index in [0.29, 0.717) is 53.8 Å². The van der Waals surface area contributed by atoms with Gasteiger partial charge < -0.3 is 16.0 Å². The topological polar surface area (TPSA) is 129 Å². The van der Waals surface area contributed by atoms with Crippen molar-refractivity contribution in [2.45, 2.75) is 39.3 Å². The maximum Gasteiger partial charge on any atom is 0.324 e. The molecule has 3 heterocycles. The second kappa shape index (κ2) is 9.54. The minimum Gasteiger partial charge on any atom is -0.365 e. The van der Waals surface area contributed by atoms with Crippen LogP contribution in [0.25, 0.3) is 0 Å². The van der Waals surface area contributed by atoms with Gasteiger partial charge in [0, 0.05) is 28.2 Å². The van der Waals surface area contributed by atoms with Crippen LogP contribution in [-0.4, -0.2) is 29.3 Å². The molecule has 4 N–H and O–H groups in total. The molecule has 184 valence electrons. The van der Waals surface area contributed by atoms with Gasteiger partial charge in [-0.2, -0.15) is 10.2 Å². The first-order valence-electron chi connectivity index (χ1n) is 11.7. The van der Waals surface area contributed by atoms with Crippen molar-refractivity contribution >= 4 is 45.6 Å². The van der Waals surface area contributed by atoms with Crippen LogP contribution >= 0.6 is 11.3 Å². The normalized spacial score (nSPS) is 13.9. The number of fused-ring (bicyclic) bond motifs is 2. The van der Waals surface area contributed by atoms with Crippen molar-refractivity contribution in [3.05, 3.63) is 75.2 Å². The van der Waals surface area contributed by atoms with Crippen LogP contribution in [0.4, 0.5) is 21.2 Å². The van der Waals surface area contributed by atoms with E-state index in [1.54, 1.807) is 17.0 Å². The molecule has 0 atom stereocenters. The van der Waals surface area contributed by atoms with Crippen molar-refractivity contribution < 1.29 is 14.4 Å². The van der Waals surface area contributed by atoms with Gasteiger partial charge in [-0.05, 0) is 47.7 Å². The zero-order valence-electron chi connectivity index (χ0n) is 20.0. The van der Waals surface area contributed by atoms with Crippen molar-refractivity contribution in [3.63, 3.8) is 0 Å². The SMILES string of the molecule is CC(C)c1ccc(NC(=O)Nc2sc3c(c2C(N)=O)CCN(C(=O)c2ccc4c(c2)N=NC4)C3)cc1. The average Bonchev–Trinajstić information content (AvgIpc) is 3.46. The number of thiophene rings is 1. The molecule has 10 heteroatoms. The van der Waals surface area contributed by atoms with Crippen molar-refractivity contribution in [1.82, 2.24) is 4.90 Å². The van der Waals surface area contributed by atoms with Crippen LogP contribution in [0, 0.1) is 0 Å². The summed E-state index contributed by atoms with van der Waals surface area (Å²) in [4.78, 5) is 40.7. The van der Waals surface area contributed by atoms with E-state index in [2.05, 4.69) is 34.7 Å². The van der Waals surface area contributed by atoms with Gasteiger partial charge in [-0.1, -0.05) is 32.0 Å². The van der Waals surface area contributed by atoms with E-state index in [0.717, 1.165) is 21.7 Å². The Morgan fingerprint density at radius 2 is 1.86 bits per heavy atom. The third kappa shape index (κ3) is 4.59. The molecule has 1 aromatic heterocycles. The summed E-state index contributed by atoms with van der Waals surface area (Å²) in [6, 6.07) is 12.6. The molecule has 0 spiro atoms. The fourth-order valence-corrected chi connectivity index (χ4v) is 5.70. The van der Waals surface area contributed by atoms with Gasteiger partial charge in [-0.25, -0.2) is 4.79 Å². The molecule has 0 saturated carbocycles. The minimum absolute atomic E-state index is 0.114. The number of urea groups is 1. The molecule has 9 nitrogen and oxygen atoms in total. The van der Waals surface area contributed by atoms with Crippen molar-refractivity contribution in [2.24, 2.45) is 16.0 Å². The Morgan fingerprint density at radius 1 is 1.08 bits per heavy atom. The van der Waals surface area contributed by atoms with E-state index >= 15 is 0 Å². The lowest BCUT2D eigenvalue weighted by atomic mass is 10.0. The number of amides is 4. The summed E-state index contributed by atoms with van der Waals surface area (Å²) >= 11 is 1.27. The summed E-state index contributed by atoms with van der Waals surface area (Å²) in [5, 5.41) is 14.0. The first-order valence-corrected chi connectivity index (χ1v) is 12.5. The monoisotopic (exact) mass is 502 g/mol. The molecular formula is C26H26N6O3S. The van der Waals surface area contributed by atoms with Crippen LogP contribution in [0.1, 0.15) is 62.0 Å². The van der Waals surface area contributed by atoms with E-state index in [4.69, 9.17) is 5.73 Å². The molecule has 0 fully saturated rings.